The van der Waals surface area contributed by atoms with Crippen molar-refractivity contribution >= 4 is 0 Å². The van der Waals surface area contributed by atoms with E-state index in [9.17, 15) is 0 Å². The number of hydrogen-bond acceptors (Lipinski definition) is 4. The summed E-state index contributed by atoms with van der Waals surface area (Å²) < 4.78 is 7.40. The van der Waals surface area contributed by atoms with Gasteiger partial charge in [0, 0.05) is 25.8 Å². The van der Waals surface area contributed by atoms with Crippen LogP contribution in [0.5, 0.6) is 0 Å². The molecule has 0 atom stereocenters. The lowest BCUT2D eigenvalue weighted by atomic mass is 10.0. The van der Waals surface area contributed by atoms with Gasteiger partial charge in [-0.25, -0.2) is 9.67 Å². The summed E-state index contributed by atoms with van der Waals surface area (Å²) in [6.07, 6.45) is 3.92. The maximum Gasteiger partial charge on any atom is 0.140 e. The zero-order chi connectivity index (χ0) is 12.1. The van der Waals surface area contributed by atoms with Crippen molar-refractivity contribution in [2.75, 3.05) is 13.2 Å². The maximum absolute atomic E-state index is 5.37. The molecule has 0 spiro atoms. The van der Waals surface area contributed by atoms with E-state index in [1.807, 2.05) is 4.68 Å². The van der Waals surface area contributed by atoms with E-state index in [1.165, 1.54) is 0 Å². The first-order valence-corrected chi connectivity index (χ1v) is 6.43. The number of aromatic nitrogens is 3. The van der Waals surface area contributed by atoms with Crippen LogP contribution in [0.1, 0.15) is 32.5 Å². The van der Waals surface area contributed by atoms with Gasteiger partial charge in [-0.2, -0.15) is 5.10 Å². The Hall–Kier alpha value is -0.940. The molecule has 5 heteroatoms. The predicted molar refractivity (Wildman–Crippen MR) is 65.5 cm³/mol. The predicted octanol–water partition coefficient (Wildman–Crippen LogP) is 1.20. The van der Waals surface area contributed by atoms with Crippen LogP contribution >= 0.6 is 0 Å². The molecule has 0 amide bonds. The van der Waals surface area contributed by atoms with Crippen molar-refractivity contribution in [3.63, 3.8) is 0 Å². The molecule has 0 unspecified atom stereocenters. The first-order valence-electron chi connectivity index (χ1n) is 6.43. The maximum atomic E-state index is 5.37. The fraction of sp³-hybridized carbons (Fsp3) is 0.833. The molecule has 96 valence electrons. The summed E-state index contributed by atoms with van der Waals surface area (Å²) in [6, 6.07) is 0.475. The fourth-order valence-corrected chi connectivity index (χ4v) is 2.05. The second-order valence-corrected chi connectivity index (χ2v) is 4.95. The molecular formula is C12H22N4O. The second kappa shape index (κ2) is 6.12. The lowest BCUT2D eigenvalue weighted by Crippen LogP contribution is -2.26. The number of hydrogen-bond donors (Lipinski definition) is 1. The Morgan fingerprint density at radius 2 is 2.24 bits per heavy atom. The Bertz CT molecular complexity index is 331. The van der Waals surface area contributed by atoms with Gasteiger partial charge in [-0.15, -0.1) is 0 Å². The minimum atomic E-state index is 0.475. The van der Waals surface area contributed by atoms with Gasteiger partial charge in [0.25, 0.3) is 0 Å². The molecule has 2 rings (SSSR count). The van der Waals surface area contributed by atoms with Crippen molar-refractivity contribution in [2.45, 2.75) is 45.8 Å². The highest BCUT2D eigenvalue weighted by Gasteiger charge is 2.16. The van der Waals surface area contributed by atoms with Gasteiger partial charge < -0.3 is 10.1 Å². The van der Waals surface area contributed by atoms with E-state index in [2.05, 4.69) is 29.2 Å². The normalized spacial score (nSPS) is 17.8. The van der Waals surface area contributed by atoms with Gasteiger partial charge in [0.2, 0.25) is 0 Å². The topological polar surface area (TPSA) is 52.0 Å². The molecule has 2 heterocycles. The monoisotopic (exact) mass is 238 g/mol. The molecule has 0 saturated carbocycles. The van der Waals surface area contributed by atoms with Gasteiger partial charge in [-0.3, -0.25) is 0 Å². The van der Waals surface area contributed by atoms with Crippen molar-refractivity contribution in [3.8, 4) is 0 Å². The minimum absolute atomic E-state index is 0.475. The van der Waals surface area contributed by atoms with E-state index < -0.39 is 0 Å². The van der Waals surface area contributed by atoms with Gasteiger partial charge in [-0.1, -0.05) is 13.8 Å². The number of nitrogens with zero attached hydrogens (tertiary/aromatic N) is 3. The molecule has 0 radical (unpaired) electrons. The summed E-state index contributed by atoms with van der Waals surface area (Å²) in [5, 5.41) is 7.69. The highest BCUT2D eigenvalue weighted by molar-refractivity contribution is 4.85. The molecule has 1 aliphatic heterocycles. The number of rotatable bonds is 5. The molecule has 1 aliphatic rings. The summed E-state index contributed by atoms with van der Waals surface area (Å²) in [6.45, 7) is 7.82. The Morgan fingerprint density at radius 1 is 1.47 bits per heavy atom. The SMILES string of the molecule is CC(C)NCc1ncnn1CC1CCOCC1. The van der Waals surface area contributed by atoms with Crippen LogP contribution < -0.4 is 5.32 Å². The largest absolute Gasteiger partial charge is 0.381 e. The highest BCUT2D eigenvalue weighted by Crippen LogP contribution is 2.16. The third-order valence-electron chi connectivity index (χ3n) is 3.14. The van der Waals surface area contributed by atoms with E-state index in [1.54, 1.807) is 6.33 Å². The molecule has 0 bridgehead atoms. The van der Waals surface area contributed by atoms with E-state index in [0.717, 1.165) is 45.0 Å². The third kappa shape index (κ3) is 3.78. The van der Waals surface area contributed by atoms with Crippen LogP contribution in [0, 0.1) is 5.92 Å². The molecule has 1 N–H and O–H groups in total. The first kappa shape index (κ1) is 12.5. The summed E-state index contributed by atoms with van der Waals surface area (Å²) in [7, 11) is 0. The average molecular weight is 238 g/mol. The van der Waals surface area contributed by atoms with Crippen LogP contribution in [0.2, 0.25) is 0 Å². The summed E-state index contributed by atoms with van der Waals surface area (Å²) in [4.78, 5) is 4.31. The lowest BCUT2D eigenvalue weighted by molar-refractivity contribution is 0.0598. The number of ether oxygens (including phenoxy) is 1. The van der Waals surface area contributed by atoms with Gasteiger partial charge in [0.1, 0.15) is 12.2 Å². The van der Waals surface area contributed by atoms with Crippen LogP contribution in [0.25, 0.3) is 0 Å². The second-order valence-electron chi connectivity index (χ2n) is 4.95. The Balaban J connectivity index is 1.88. The summed E-state index contributed by atoms with van der Waals surface area (Å²) >= 11 is 0. The van der Waals surface area contributed by atoms with Crippen molar-refractivity contribution in [1.29, 1.82) is 0 Å². The smallest absolute Gasteiger partial charge is 0.140 e. The van der Waals surface area contributed by atoms with Crippen LogP contribution in [-0.4, -0.2) is 34.0 Å². The van der Waals surface area contributed by atoms with Crippen molar-refractivity contribution in [1.82, 2.24) is 20.1 Å². The van der Waals surface area contributed by atoms with Crippen molar-refractivity contribution in [3.05, 3.63) is 12.2 Å². The van der Waals surface area contributed by atoms with E-state index in [-0.39, 0.29) is 0 Å². The lowest BCUT2D eigenvalue weighted by Gasteiger charge is -2.22. The molecule has 0 aliphatic carbocycles. The third-order valence-corrected chi connectivity index (χ3v) is 3.14. The van der Waals surface area contributed by atoms with Crippen molar-refractivity contribution in [2.24, 2.45) is 5.92 Å². The van der Waals surface area contributed by atoms with Crippen LogP contribution in [0.3, 0.4) is 0 Å². The number of nitrogens with one attached hydrogen (secondary N) is 1. The van der Waals surface area contributed by atoms with E-state index in [4.69, 9.17) is 4.74 Å². The van der Waals surface area contributed by atoms with Gasteiger partial charge in [0.15, 0.2) is 0 Å². The Morgan fingerprint density at radius 3 is 2.94 bits per heavy atom. The molecular weight excluding hydrogens is 216 g/mol. The highest BCUT2D eigenvalue weighted by atomic mass is 16.5. The average Bonchev–Trinajstić information content (AvgIpc) is 2.75. The van der Waals surface area contributed by atoms with Crippen LogP contribution in [0.4, 0.5) is 0 Å². The molecule has 1 fully saturated rings. The van der Waals surface area contributed by atoms with Gasteiger partial charge in [0.05, 0.1) is 6.54 Å². The quantitative estimate of drug-likeness (QED) is 0.837. The fourth-order valence-electron chi connectivity index (χ4n) is 2.05. The zero-order valence-corrected chi connectivity index (χ0v) is 10.7. The molecule has 1 aromatic rings. The van der Waals surface area contributed by atoms with Crippen molar-refractivity contribution < 1.29 is 4.74 Å². The molecule has 17 heavy (non-hydrogen) atoms. The minimum Gasteiger partial charge on any atom is -0.381 e. The standard InChI is InChI=1S/C12H22N4O/c1-10(2)13-7-12-14-9-15-16(12)8-11-3-5-17-6-4-11/h9-11,13H,3-8H2,1-2H3. The molecule has 1 saturated heterocycles. The zero-order valence-electron chi connectivity index (χ0n) is 10.7. The van der Waals surface area contributed by atoms with E-state index in [0.29, 0.717) is 12.0 Å². The molecule has 0 aromatic carbocycles. The Kier molecular flexibility index (Phi) is 4.50. The van der Waals surface area contributed by atoms with Crippen LogP contribution in [-0.2, 0) is 17.8 Å². The summed E-state index contributed by atoms with van der Waals surface area (Å²) in [5.41, 5.74) is 0. The molecule has 5 nitrogen and oxygen atoms in total. The van der Waals surface area contributed by atoms with E-state index >= 15 is 0 Å². The Labute approximate surface area is 103 Å². The van der Waals surface area contributed by atoms with Crippen LogP contribution in [0.15, 0.2) is 6.33 Å². The first-order chi connectivity index (χ1) is 8.25. The molecule has 1 aromatic heterocycles. The summed E-state index contributed by atoms with van der Waals surface area (Å²) in [5.74, 6) is 1.72. The van der Waals surface area contributed by atoms with Gasteiger partial charge >= 0.3 is 0 Å². The van der Waals surface area contributed by atoms with Gasteiger partial charge in [-0.05, 0) is 18.8 Å².